The lowest BCUT2D eigenvalue weighted by atomic mass is 9.77. The summed E-state index contributed by atoms with van der Waals surface area (Å²) in [6.45, 7) is 6.69. The molecule has 2 unspecified atom stereocenters. The van der Waals surface area contributed by atoms with E-state index in [2.05, 4.69) is 26.1 Å². The fourth-order valence-electron chi connectivity index (χ4n) is 2.90. The van der Waals surface area contributed by atoms with Crippen LogP contribution in [0, 0.1) is 5.41 Å². The van der Waals surface area contributed by atoms with Crippen LogP contribution < -0.4 is 5.32 Å². The minimum atomic E-state index is 0.220. The first-order valence-corrected chi connectivity index (χ1v) is 6.91. The normalized spacial score (nSPS) is 29.4. The zero-order chi connectivity index (χ0) is 12.0. The van der Waals surface area contributed by atoms with Crippen molar-refractivity contribution in [2.75, 3.05) is 0 Å². The molecular weight excluding hydrogens is 198 g/mol. The standard InChI is InChI=1S/C14H27NO/c1-4-6-7-8-9-10-14(3)11-13(16)15-12(14)5-2/h12H,4-11H2,1-3H3,(H,15,16). The van der Waals surface area contributed by atoms with E-state index in [1.165, 1.54) is 38.5 Å². The highest BCUT2D eigenvalue weighted by Gasteiger charge is 2.41. The average Bonchev–Trinajstić information content (AvgIpc) is 2.53. The van der Waals surface area contributed by atoms with E-state index in [4.69, 9.17) is 0 Å². The SMILES string of the molecule is CCCCCCCC1(C)CC(=O)NC1CC. The van der Waals surface area contributed by atoms with Gasteiger partial charge >= 0.3 is 0 Å². The van der Waals surface area contributed by atoms with Crippen molar-refractivity contribution in [3.63, 3.8) is 0 Å². The largest absolute Gasteiger partial charge is 0.353 e. The first-order chi connectivity index (χ1) is 7.62. The first kappa shape index (κ1) is 13.5. The molecule has 0 saturated carbocycles. The zero-order valence-electron chi connectivity index (χ0n) is 11.1. The number of amides is 1. The third-order valence-corrected chi connectivity index (χ3v) is 4.00. The van der Waals surface area contributed by atoms with E-state index < -0.39 is 0 Å². The Morgan fingerprint density at radius 3 is 2.56 bits per heavy atom. The van der Waals surface area contributed by atoms with Crippen molar-refractivity contribution >= 4 is 5.91 Å². The molecule has 2 atom stereocenters. The van der Waals surface area contributed by atoms with Gasteiger partial charge in [-0.15, -0.1) is 0 Å². The first-order valence-electron chi connectivity index (χ1n) is 6.91. The van der Waals surface area contributed by atoms with Gasteiger partial charge in [-0.05, 0) is 18.3 Å². The van der Waals surface area contributed by atoms with Crippen molar-refractivity contribution in [3.8, 4) is 0 Å². The molecule has 1 amide bonds. The van der Waals surface area contributed by atoms with Crippen LogP contribution in [0.15, 0.2) is 0 Å². The predicted molar refractivity (Wildman–Crippen MR) is 68.3 cm³/mol. The maximum Gasteiger partial charge on any atom is 0.220 e. The number of carbonyl (C=O) groups excluding carboxylic acids is 1. The predicted octanol–water partition coefficient (Wildman–Crippen LogP) is 3.65. The molecule has 1 aliphatic rings. The number of nitrogens with one attached hydrogen (secondary N) is 1. The molecular formula is C14H27NO. The third-order valence-electron chi connectivity index (χ3n) is 4.00. The van der Waals surface area contributed by atoms with Gasteiger partial charge in [0.1, 0.15) is 0 Å². The Bertz CT molecular complexity index is 227. The molecule has 0 bridgehead atoms. The average molecular weight is 225 g/mol. The minimum absolute atomic E-state index is 0.220. The summed E-state index contributed by atoms with van der Waals surface area (Å²) in [6, 6.07) is 0.408. The lowest BCUT2D eigenvalue weighted by molar-refractivity contribution is -0.119. The molecule has 1 heterocycles. The Balaban J connectivity index is 2.30. The molecule has 2 nitrogen and oxygen atoms in total. The molecule has 0 aromatic heterocycles. The van der Waals surface area contributed by atoms with Crippen LogP contribution in [-0.2, 0) is 4.79 Å². The van der Waals surface area contributed by atoms with Gasteiger partial charge in [-0.1, -0.05) is 52.9 Å². The van der Waals surface area contributed by atoms with Crippen LogP contribution in [0.1, 0.15) is 72.1 Å². The molecule has 0 radical (unpaired) electrons. The summed E-state index contributed by atoms with van der Waals surface area (Å²) in [4.78, 5) is 11.5. The van der Waals surface area contributed by atoms with Gasteiger partial charge in [-0.25, -0.2) is 0 Å². The smallest absolute Gasteiger partial charge is 0.220 e. The van der Waals surface area contributed by atoms with Crippen LogP contribution in [0.5, 0.6) is 0 Å². The Labute approximate surface area is 100 Å². The van der Waals surface area contributed by atoms with Crippen molar-refractivity contribution in [2.24, 2.45) is 5.41 Å². The van der Waals surface area contributed by atoms with Crippen molar-refractivity contribution in [1.82, 2.24) is 5.32 Å². The summed E-state index contributed by atoms with van der Waals surface area (Å²) >= 11 is 0. The maximum absolute atomic E-state index is 11.5. The number of hydrogen-bond donors (Lipinski definition) is 1. The van der Waals surface area contributed by atoms with Crippen LogP contribution in [0.4, 0.5) is 0 Å². The van der Waals surface area contributed by atoms with E-state index >= 15 is 0 Å². The molecule has 1 saturated heterocycles. The quantitative estimate of drug-likeness (QED) is 0.658. The fourth-order valence-corrected chi connectivity index (χ4v) is 2.90. The molecule has 0 aromatic carbocycles. The molecule has 1 rings (SSSR count). The molecule has 2 heteroatoms. The molecule has 1 aliphatic heterocycles. The fraction of sp³-hybridized carbons (Fsp3) is 0.929. The van der Waals surface area contributed by atoms with E-state index in [1.807, 2.05) is 0 Å². The van der Waals surface area contributed by atoms with Crippen molar-refractivity contribution in [2.45, 2.75) is 78.2 Å². The van der Waals surface area contributed by atoms with Gasteiger partial charge in [0.2, 0.25) is 5.91 Å². The molecule has 0 aromatic rings. The summed E-state index contributed by atoms with van der Waals surface area (Å²) < 4.78 is 0. The lowest BCUT2D eigenvalue weighted by Crippen LogP contribution is -2.34. The summed E-state index contributed by atoms with van der Waals surface area (Å²) in [5.74, 6) is 0.253. The van der Waals surface area contributed by atoms with E-state index in [9.17, 15) is 4.79 Å². The van der Waals surface area contributed by atoms with E-state index in [0.717, 1.165) is 12.8 Å². The highest BCUT2D eigenvalue weighted by molar-refractivity contribution is 5.79. The second kappa shape index (κ2) is 6.27. The van der Waals surface area contributed by atoms with Gasteiger partial charge in [0.05, 0.1) is 0 Å². The summed E-state index contributed by atoms with van der Waals surface area (Å²) in [5.41, 5.74) is 0.220. The van der Waals surface area contributed by atoms with Gasteiger partial charge in [0, 0.05) is 12.5 Å². The molecule has 1 fully saturated rings. The summed E-state index contributed by atoms with van der Waals surface area (Å²) in [6.07, 6.45) is 9.62. The van der Waals surface area contributed by atoms with Crippen LogP contribution in [-0.4, -0.2) is 11.9 Å². The molecule has 16 heavy (non-hydrogen) atoms. The summed E-state index contributed by atoms with van der Waals surface area (Å²) in [5, 5.41) is 3.11. The monoisotopic (exact) mass is 225 g/mol. The van der Waals surface area contributed by atoms with Gasteiger partial charge in [0.25, 0.3) is 0 Å². The highest BCUT2D eigenvalue weighted by atomic mass is 16.2. The van der Waals surface area contributed by atoms with Gasteiger partial charge < -0.3 is 5.32 Å². The number of carbonyl (C=O) groups is 1. The Morgan fingerprint density at radius 2 is 1.94 bits per heavy atom. The number of unbranched alkanes of at least 4 members (excludes halogenated alkanes) is 4. The molecule has 94 valence electrons. The Kier molecular flexibility index (Phi) is 5.30. The number of hydrogen-bond acceptors (Lipinski definition) is 1. The van der Waals surface area contributed by atoms with E-state index in [1.54, 1.807) is 0 Å². The van der Waals surface area contributed by atoms with Crippen molar-refractivity contribution < 1.29 is 4.79 Å². The number of rotatable bonds is 7. The third kappa shape index (κ3) is 3.50. The maximum atomic E-state index is 11.5. The van der Waals surface area contributed by atoms with Gasteiger partial charge in [-0.2, -0.15) is 0 Å². The highest BCUT2D eigenvalue weighted by Crippen LogP contribution is 2.38. The van der Waals surface area contributed by atoms with Gasteiger partial charge in [0.15, 0.2) is 0 Å². The van der Waals surface area contributed by atoms with Crippen LogP contribution >= 0.6 is 0 Å². The minimum Gasteiger partial charge on any atom is -0.353 e. The van der Waals surface area contributed by atoms with Gasteiger partial charge in [-0.3, -0.25) is 4.79 Å². The lowest BCUT2D eigenvalue weighted by Gasteiger charge is -2.29. The zero-order valence-corrected chi connectivity index (χ0v) is 11.1. The van der Waals surface area contributed by atoms with E-state index in [0.29, 0.717) is 6.04 Å². The topological polar surface area (TPSA) is 29.1 Å². The molecule has 1 N–H and O–H groups in total. The van der Waals surface area contributed by atoms with Crippen LogP contribution in [0.2, 0.25) is 0 Å². The Morgan fingerprint density at radius 1 is 1.25 bits per heavy atom. The summed E-state index contributed by atoms with van der Waals surface area (Å²) in [7, 11) is 0. The van der Waals surface area contributed by atoms with Crippen LogP contribution in [0.25, 0.3) is 0 Å². The Hall–Kier alpha value is -0.530. The van der Waals surface area contributed by atoms with Crippen molar-refractivity contribution in [3.05, 3.63) is 0 Å². The molecule has 0 spiro atoms. The van der Waals surface area contributed by atoms with Crippen molar-refractivity contribution in [1.29, 1.82) is 0 Å². The second-order valence-electron chi connectivity index (χ2n) is 5.52. The van der Waals surface area contributed by atoms with Crippen LogP contribution in [0.3, 0.4) is 0 Å². The van der Waals surface area contributed by atoms with E-state index in [-0.39, 0.29) is 11.3 Å². The second-order valence-corrected chi connectivity index (χ2v) is 5.52. The molecule has 0 aliphatic carbocycles.